The van der Waals surface area contributed by atoms with Crippen LogP contribution in [-0.2, 0) is 26.1 Å². The normalized spacial score (nSPS) is 18.3. The zero-order valence-electron chi connectivity index (χ0n) is 18.5. The van der Waals surface area contributed by atoms with E-state index in [-0.39, 0.29) is 4.21 Å². The molecule has 178 valence electrons. The summed E-state index contributed by atoms with van der Waals surface area (Å²) in [6, 6.07) is 8.35. The van der Waals surface area contributed by atoms with Crippen LogP contribution in [0.25, 0.3) is 10.2 Å². The number of amides is 1. The van der Waals surface area contributed by atoms with E-state index in [9.17, 15) is 13.2 Å². The van der Waals surface area contributed by atoms with E-state index in [1.54, 1.807) is 6.07 Å². The van der Waals surface area contributed by atoms with Crippen LogP contribution in [0.15, 0.2) is 39.5 Å². The predicted octanol–water partition coefficient (Wildman–Crippen LogP) is 4.43. The van der Waals surface area contributed by atoms with Crippen molar-refractivity contribution < 1.29 is 17.9 Å². The quantitative estimate of drug-likeness (QED) is 0.425. The molecule has 3 aromatic rings. The number of rotatable bonds is 7. The third-order valence-electron chi connectivity index (χ3n) is 5.56. The van der Waals surface area contributed by atoms with Gasteiger partial charge in [0.15, 0.2) is 4.80 Å². The maximum atomic E-state index is 13.4. The molecule has 4 rings (SSSR count). The molecule has 1 atom stereocenters. The summed E-state index contributed by atoms with van der Waals surface area (Å²) in [5, 5.41) is 0. The number of thiophene rings is 1. The van der Waals surface area contributed by atoms with Gasteiger partial charge in [-0.05, 0) is 56.5 Å². The minimum Gasteiger partial charge on any atom is -0.380 e. The van der Waals surface area contributed by atoms with Crippen LogP contribution >= 0.6 is 34.3 Å². The van der Waals surface area contributed by atoms with Gasteiger partial charge in [-0.1, -0.05) is 35.4 Å². The van der Waals surface area contributed by atoms with Gasteiger partial charge in [0.1, 0.15) is 10.3 Å². The number of nitrogens with zero attached hydrogens (tertiary/aromatic N) is 3. The molecule has 1 saturated heterocycles. The summed E-state index contributed by atoms with van der Waals surface area (Å²) in [5.74, 6) is -0.436. The predicted molar refractivity (Wildman–Crippen MR) is 132 cm³/mol. The number of hydrogen-bond acceptors (Lipinski definition) is 6. The van der Waals surface area contributed by atoms with Crippen molar-refractivity contribution in [1.29, 1.82) is 0 Å². The lowest BCUT2D eigenvalue weighted by molar-refractivity contribution is -0.122. The second-order valence-corrected chi connectivity index (χ2v) is 12.7. The zero-order chi connectivity index (χ0) is 23.6. The second-order valence-electron chi connectivity index (χ2n) is 7.84. The molecule has 1 aromatic carbocycles. The number of carbonyl (C=O) groups is 1. The Hall–Kier alpha value is -1.56. The van der Waals surface area contributed by atoms with Gasteiger partial charge in [0.2, 0.25) is 0 Å². The SMILES string of the molecule is CCOCCn1c(=NC(=O)C2CCCCN2S(=O)(=O)c2ccc(Cl)s2)sc2cc(C)ccc21. The number of piperidine rings is 1. The highest BCUT2D eigenvalue weighted by atomic mass is 35.5. The van der Waals surface area contributed by atoms with Gasteiger partial charge in [-0.2, -0.15) is 9.30 Å². The number of ether oxygens (including phenoxy) is 1. The van der Waals surface area contributed by atoms with Crippen molar-refractivity contribution in [2.45, 2.75) is 49.9 Å². The van der Waals surface area contributed by atoms with Crippen molar-refractivity contribution in [3.8, 4) is 0 Å². The summed E-state index contributed by atoms with van der Waals surface area (Å²) in [4.78, 5) is 18.4. The Morgan fingerprint density at radius 3 is 2.79 bits per heavy atom. The van der Waals surface area contributed by atoms with Crippen molar-refractivity contribution >= 4 is 60.4 Å². The lowest BCUT2D eigenvalue weighted by atomic mass is 10.0. The number of thiazole rings is 1. The van der Waals surface area contributed by atoms with Crippen LogP contribution in [0.2, 0.25) is 4.34 Å². The van der Waals surface area contributed by atoms with Gasteiger partial charge in [0.25, 0.3) is 15.9 Å². The molecule has 1 aliphatic heterocycles. The summed E-state index contributed by atoms with van der Waals surface area (Å²) in [6.45, 7) is 5.92. The maximum absolute atomic E-state index is 13.4. The highest BCUT2D eigenvalue weighted by molar-refractivity contribution is 7.91. The van der Waals surface area contributed by atoms with Crippen LogP contribution in [-0.4, -0.2) is 49.0 Å². The number of sulfonamides is 1. The third-order valence-corrected chi connectivity index (χ3v) is 10.2. The van der Waals surface area contributed by atoms with Crippen molar-refractivity contribution in [1.82, 2.24) is 8.87 Å². The van der Waals surface area contributed by atoms with Gasteiger partial charge in [-0.15, -0.1) is 11.3 Å². The van der Waals surface area contributed by atoms with E-state index in [0.29, 0.717) is 48.3 Å². The molecule has 7 nitrogen and oxygen atoms in total. The molecule has 1 amide bonds. The van der Waals surface area contributed by atoms with Crippen LogP contribution in [0.4, 0.5) is 0 Å². The van der Waals surface area contributed by atoms with E-state index in [2.05, 4.69) is 11.1 Å². The lowest BCUT2D eigenvalue weighted by Gasteiger charge is -2.31. The first-order valence-corrected chi connectivity index (χ1v) is 14.3. The number of halogens is 1. The Kier molecular flexibility index (Phi) is 7.72. The van der Waals surface area contributed by atoms with Crippen LogP contribution < -0.4 is 4.80 Å². The smallest absolute Gasteiger partial charge is 0.266 e. The molecular formula is C22H26ClN3O4S3. The molecule has 0 N–H and O–H groups in total. The van der Waals surface area contributed by atoms with E-state index >= 15 is 0 Å². The first kappa shape index (κ1) is 24.6. The van der Waals surface area contributed by atoms with Gasteiger partial charge in [-0.25, -0.2) is 8.42 Å². The molecule has 11 heteroatoms. The third kappa shape index (κ3) is 5.26. The van der Waals surface area contributed by atoms with E-state index in [1.165, 1.54) is 21.7 Å². The van der Waals surface area contributed by atoms with Crippen LogP contribution in [0.1, 0.15) is 31.7 Å². The second kappa shape index (κ2) is 10.4. The number of carbonyl (C=O) groups excluding carboxylic acids is 1. The van der Waals surface area contributed by atoms with Crippen molar-refractivity contribution in [2.24, 2.45) is 4.99 Å². The summed E-state index contributed by atoms with van der Waals surface area (Å²) >= 11 is 8.40. The Morgan fingerprint density at radius 2 is 2.06 bits per heavy atom. The van der Waals surface area contributed by atoms with Crippen molar-refractivity contribution in [3.05, 3.63) is 45.0 Å². The number of hydrogen-bond donors (Lipinski definition) is 0. The highest BCUT2D eigenvalue weighted by Crippen LogP contribution is 2.32. The lowest BCUT2D eigenvalue weighted by Crippen LogP contribution is -2.47. The number of benzene rings is 1. The maximum Gasteiger partial charge on any atom is 0.266 e. The molecule has 3 heterocycles. The first-order chi connectivity index (χ1) is 15.8. The summed E-state index contributed by atoms with van der Waals surface area (Å²) in [5.41, 5.74) is 2.11. The topological polar surface area (TPSA) is 81.0 Å². The first-order valence-electron chi connectivity index (χ1n) is 10.8. The van der Waals surface area contributed by atoms with Gasteiger partial charge in [-0.3, -0.25) is 4.79 Å². The van der Waals surface area contributed by atoms with Gasteiger partial charge in [0, 0.05) is 19.7 Å². The van der Waals surface area contributed by atoms with E-state index in [0.717, 1.165) is 33.5 Å². The summed E-state index contributed by atoms with van der Waals surface area (Å²) in [7, 11) is -3.82. The van der Waals surface area contributed by atoms with Crippen LogP contribution in [0, 0.1) is 6.92 Å². The highest BCUT2D eigenvalue weighted by Gasteiger charge is 2.38. The van der Waals surface area contributed by atoms with E-state index in [1.807, 2.05) is 30.5 Å². The van der Waals surface area contributed by atoms with E-state index < -0.39 is 22.0 Å². The Bertz CT molecular complexity index is 1330. The van der Waals surface area contributed by atoms with Gasteiger partial charge < -0.3 is 9.30 Å². The molecule has 33 heavy (non-hydrogen) atoms. The van der Waals surface area contributed by atoms with Crippen LogP contribution in [0.3, 0.4) is 0 Å². The molecular weight excluding hydrogens is 502 g/mol. The molecule has 0 saturated carbocycles. The fourth-order valence-corrected chi connectivity index (χ4v) is 8.36. The summed E-state index contributed by atoms with van der Waals surface area (Å²) < 4.78 is 36.9. The average Bonchev–Trinajstić information content (AvgIpc) is 3.37. The Morgan fingerprint density at radius 1 is 1.24 bits per heavy atom. The molecule has 1 aliphatic rings. The fourth-order valence-electron chi connectivity index (χ4n) is 3.94. The summed E-state index contributed by atoms with van der Waals surface area (Å²) in [6.07, 6.45) is 1.93. The molecule has 1 fully saturated rings. The zero-order valence-corrected chi connectivity index (χ0v) is 21.7. The molecule has 0 spiro atoms. The molecule has 2 aromatic heterocycles. The minimum absolute atomic E-state index is 0.149. The standard InChI is InChI=1S/C22H26ClN3O4S3/c1-3-30-13-12-25-16-8-7-15(2)14-18(16)31-22(25)24-21(27)17-6-4-5-11-26(17)33(28,29)20-10-9-19(23)32-20/h7-10,14,17H,3-6,11-13H2,1-2H3. The molecule has 0 aliphatic carbocycles. The Balaban J connectivity index is 1.72. The van der Waals surface area contributed by atoms with E-state index in [4.69, 9.17) is 16.3 Å². The Labute approximate surface area is 206 Å². The van der Waals surface area contributed by atoms with Crippen molar-refractivity contribution in [3.63, 3.8) is 0 Å². The molecule has 0 radical (unpaired) electrons. The average molecular weight is 528 g/mol. The van der Waals surface area contributed by atoms with Crippen molar-refractivity contribution in [2.75, 3.05) is 19.8 Å². The number of fused-ring (bicyclic) bond motifs is 1. The minimum atomic E-state index is -3.82. The fraction of sp³-hybridized carbons (Fsp3) is 0.455. The molecule has 0 bridgehead atoms. The van der Waals surface area contributed by atoms with Gasteiger partial charge in [0.05, 0.1) is 21.2 Å². The molecule has 1 unspecified atom stereocenters. The van der Waals surface area contributed by atoms with Gasteiger partial charge >= 0.3 is 0 Å². The monoisotopic (exact) mass is 527 g/mol. The van der Waals surface area contributed by atoms with Crippen LogP contribution in [0.5, 0.6) is 0 Å². The largest absolute Gasteiger partial charge is 0.380 e. The number of aromatic nitrogens is 1. The number of aryl methyl sites for hydroxylation is 1.